The van der Waals surface area contributed by atoms with Crippen molar-refractivity contribution < 1.29 is 0 Å². The maximum Gasteiger partial charge on any atom is 0.180 e. The zero-order valence-electron chi connectivity index (χ0n) is 41.8. The number of para-hydroxylation sites is 4. The Morgan fingerprint density at radius 2 is 0.671 bits per heavy atom. The van der Waals surface area contributed by atoms with Gasteiger partial charge >= 0.3 is 0 Å². The van der Waals surface area contributed by atoms with Gasteiger partial charge in [0.05, 0.1) is 27.8 Å². The highest BCUT2D eigenvalue weighted by molar-refractivity contribution is 7.22. The van der Waals surface area contributed by atoms with Crippen molar-refractivity contribution in [3.8, 4) is 33.6 Å². The van der Waals surface area contributed by atoms with E-state index in [2.05, 4.69) is 312 Å². The Labute approximate surface area is 444 Å². The first-order valence-corrected chi connectivity index (χ1v) is 30.4. The first-order valence-electron chi connectivity index (χ1n) is 26.4. The summed E-state index contributed by atoms with van der Waals surface area (Å²) in [7, 11) is -5.51. The van der Waals surface area contributed by atoms with Crippen LogP contribution < -0.4 is 41.5 Å². The quantitative estimate of drug-likeness (QED) is 0.101. The standard InChI is InChI=1S/C72H50N2Si2/c1-6-25-52(26-7-1)75(53-27-8-2-9-28-53,54-29-10-3-11-30-54)57-49-47-51(48-50-57)73-65-42-19-16-36-59(65)62-41-23-44-67(72(62)73)74-66-43-20-17-35-58(66)61-39-22-40-63(71(61)74)60-38-24-46-69-70(60)64-37-18-21-45-68(64)76(69,55-31-12-4-13-32-55)56-33-14-5-15-34-56/h1-50H. The molecule has 0 N–H and O–H groups in total. The fourth-order valence-electron chi connectivity index (χ4n) is 13.6. The summed E-state index contributed by atoms with van der Waals surface area (Å²) in [5.41, 5.74) is 12.2. The summed E-state index contributed by atoms with van der Waals surface area (Å²) in [6, 6.07) is 114. The van der Waals surface area contributed by atoms with Gasteiger partial charge in [-0.2, -0.15) is 0 Å². The second-order valence-corrected chi connectivity index (χ2v) is 27.8. The summed E-state index contributed by atoms with van der Waals surface area (Å²) >= 11 is 0. The second kappa shape index (κ2) is 17.7. The van der Waals surface area contributed by atoms with Gasteiger partial charge in [0, 0.05) is 32.8 Å². The van der Waals surface area contributed by atoms with Crippen molar-refractivity contribution in [2.45, 2.75) is 0 Å². The van der Waals surface area contributed by atoms with Gasteiger partial charge in [0.2, 0.25) is 0 Å². The van der Waals surface area contributed by atoms with E-state index >= 15 is 0 Å². The molecule has 0 aliphatic carbocycles. The zero-order chi connectivity index (χ0) is 50.2. The van der Waals surface area contributed by atoms with E-state index in [-0.39, 0.29) is 0 Å². The molecule has 1 aliphatic heterocycles. The molecule has 0 saturated carbocycles. The van der Waals surface area contributed by atoms with Crippen LogP contribution in [-0.4, -0.2) is 25.3 Å². The van der Waals surface area contributed by atoms with Crippen molar-refractivity contribution in [3.63, 3.8) is 0 Å². The predicted molar refractivity (Wildman–Crippen MR) is 327 cm³/mol. The molecule has 1 aliphatic rings. The molecule has 356 valence electrons. The van der Waals surface area contributed by atoms with Crippen LogP contribution in [0, 0.1) is 0 Å². The third-order valence-corrected chi connectivity index (χ3v) is 26.2. The zero-order valence-corrected chi connectivity index (χ0v) is 43.8. The minimum absolute atomic E-state index is 1.13. The van der Waals surface area contributed by atoms with Gasteiger partial charge in [0.1, 0.15) is 0 Å². The Kier molecular flexibility index (Phi) is 10.3. The molecule has 0 unspecified atom stereocenters. The van der Waals surface area contributed by atoms with Gasteiger partial charge in [-0.25, -0.2) is 0 Å². The fourth-order valence-corrected chi connectivity index (χ4v) is 23.5. The van der Waals surface area contributed by atoms with Crippen LogP contribution in [0.5, 0.6) is 0 Å². The molecule has 3 heterocycles. The summed E-state index contributed by atoms with van der Waals surface area (Å²) < 4.78 is 5.11. The Bertz CT molecular complexity index is 4350. The van der Waals surface area contributed by atoms with Crippen molar-refractivity contribution in [2.24, 2.45) is 0 Å². The van der Waals surface area contributed by atoms with E-state index in [1.54, 1.807) is 0 Å². The van der Waals surface area contributed by atoms with E-state index < -0.39 is 16.1 Å². The highest BCUT2D eigenvalue weighted by Gasteiger charge is 2.49. The van der Waals surface area contributed by atoms with Crippen LogP contribution in [0.2, 0.25) is 0 Å². The van der Waals surface area contributed by atoms with E-state index in [1.807, 2.05) is 0 Å². The average molecular weight is 999 g/mol. The minimum atomic E-state index is -2.76. The summed E-state index contributed by atoms with van der Waals surface area (Å²) in [5.74, 6) is 0. The average Bonchev–Trinajstić information content (AvgIpc) is 4.29. The Morgan fingerprint density at radius 3 is 1.26 bits per heavy atom. The SMILES string of the molecule is c1ccc([Si](c2ccccc2)(c2ccccc2)c2ccc(-n3c4ccccc4c4cccc(-n5c6ccccc6c6cccc(-c7cccc8c7-c7ccccc7[Si]8(c7ccccc7)c7ccccc7)c65)c43)cc2)cc1. The van der Waals surface area contributed by atoms with Crippen LogP contribution in [0.1, 0.15) is 0 Å². The summed E-state index contributed by atoms with van der Waals surface area (Å²) in [6.45, 7) is 0. The van der Waals surface area contributed by atoms with Crippen molar-refractivity contribution in [1.82, 2.24) is 9.13 Å². The topological polar surface area (TPSA) is 9.86 Å². The lowest BCUT2D eigenvalue weighted by atomic mass is 9.93. The van der Waals surface area contributed by atoms with Crippen molar-refractivity contribution in [2.75, 3.05) is 0 Å². The highest BCUT2D eigenvalue weighted by atomic mass is 28.3. The van der Waals surface area contributed by atoms with E-state index in [4.69, 9.17) is 0 Å². The highest BCUT2D eigenvalue weighted by Crippen LogP contribution is 2.45. The Morgan fingerprint density at radius 1 is 0.263 bits per heavy atom. The first-order chi connectivity index (χ1) is 37.8. The molecule has 0 spiro atoms. The maximum absolute atomic E-state index is 2.76. The van der Waals surface area contributed by atoms with Gasteiger partial charge in [-0.15, -0.1) is 0 Å². The molecule has 2 nitrogen and oxygen atoms in total. The van der Waals surface area contributed by atoms with Crippen LogP contribution in [0.4, 0.5) is 0 Å². The van der Waals surface area contributed by atoms with E-state index in [0.717, 1.165) is 11.4 Å². The van der Waals surface area contributed by atoms with Crippen molar-refractivity contribution in [3.05, 3.63) is 303 Å². The Hall–Kier alpha value is -9.33. The molecule has 0 radical (unpaired) electrons. The summed E-state index contributed by atoms with van der Waals surface area (Å²) in [4.78, 5) is 0. The minimum Gasteiger partial charge on any atom is -0.307 e. The van der Waals surface area contributed by atoms with Gasteiger partial charge in [0.25, 0.3) is 0 Å². The second-order valence-electron chi connectivity index (χ2n) is 20.2. The van der Waals surface area contributed by atoms with Crippen molar-refractivity contribution >= 4 is 101 Å². The van der Waals surface area contributed by atoms with Crippen molar-refractivity contribution in [1.29, 1.82) is 0 Å². The van der Waals surface area contributed by atoms with Crippen LogP contribution in [0.15, 0.2) is 303 Å². The smallest absolute Gasteiger partial charge is 0.180 e. The third kappa shape index (κ3) is 6.32. The molecule has 12 aromatic carbocycles. The number of aromatic nitrogens is 2. The number of nitrogens with zero attached hydrogens (tertiary/aromatic N) is 2. The molecular weight excluding hydrogens is 949 g/mol. The molecule has 0 fully saturated rings. The van der Waals surface area contributed by atoms with Crippen LogP contribution >= 0.6 is 0 Å². The number of benzene rings is 12. The van der Waals surface area contributed by atoms with Crippen LogP contribution in [-0.2, 0) is 0 Å². The monoisotopic (exact) mass is 998 g/mol. The lowest BCUT2D eigenvalue weighted by Crippen LogP contribution is -2.74. The summed E-state index contributed by atoms with van der Waals surface area (Å²) in [5, 5.41) is 16.0. The van der Waals surface area contributed by atoms with E-state index in [9.17, 15) is 0 Å². The third-order valence-electron chi connectivity index (χ3n) is 16.6. The van der Waals surface area contributed by atoms with E-state index in [1.165, 1.54) is 107 Å². The maximum atomic E-state index is 2.59. The van der Waals surface area contributed by atoms with Gasteiger partial charge in [0.15, 0.2) is 16.1 Å². The lowest BCUT2D eigenvalue weighted by molar-refractivity contribution is 1.13. The lowest BCUT2D eigenvalue weighted by Gasteiger charge is -2.34. The molecule has 76 heavy (non-hydrogen) atoms. The van der Waals surface area contributed by atoms with Crippen LogP contribution in [0.25, 0.3) is 77.2 Å². The normalized spacial score (nSPS) is 12.8. The predicted octanol–water partition coefficient (Wildman–Crippen LogP) is 12.3. The van der Waals surface area contributed by atoms with Crippen LogP contribution in [0.3, 0.4) is 0 Å². The molecule has 2 aromatic heterocycles. The largest absolute Gasteiger partial charge is 0.307 e. The molecule has 15 rings (SSSR count). The molecule has 14 aromatic rings. The number of hydrogen-bond donors (Lipinski definition) is 0. The molecule has 0 atom stereocenters. The number of rotatable bonds is 9. The molecule has 0 amide bonds. The first kappa shape index (κ1) is 44.2. The Balaban J connectivity index is 0.998. The van der Waals surface area contributed by atoms with Gasteiger partial charge < -0.3 is 9.13 Å². The molecule has 0 saturated heterocycles. The van der Waals surface area contributed by atoms with Gasteiger partial charge in [-0.3, -0.25) is 0 Å². The molecular formula is C72H50N2Si2. The number of fused-ring (bicyclic) bond motifs is 9. The molecule has 0 bridgehead atoms. The summed E-state index contributed by atoms with van der Waals surface area (Å²) in [6.07, 6.45) is 0. The van der Waals surface area contributed by atoms with E-state index in [0.29, 0.717) is 0 Å². The van der Waals surface area contributed by atoms with Gasteiger partial charge in [-0.1, -0.05) is 273 Å². The number of hydrogen-bond acceptors (Lipinski definition) is 0. The molecule has 4 heteroatoms. The van der Waals surface area contributed by atoms with Gasteiger partial charge in [-0.05, 0) is 88.5 Å². The fraction of sp³-hybridized carbons (Fsp3) is 0.